The first-order valence-corrected chi connectivity index (χ1v) is 7.04. The van der Waals surface area contributed by atoms with Gasteiger partial charge < -0.3 is 5.32 Å². The van der Waals surface area contributed by atoms with Crippen molar-refractivity contribution in [2.75, 3.05) is 11.1 Å². The predicted octanol–water partition coefficient (Wildman–Crippen LogP) is 1.24. The van der Waals surface area contributed by atoms with Crippen LogP contribution in [0.25, 0.3) is 0 Å². The van der Waals surface area contributed by atoms with E-state index >= 15 is 0 Å². The first-order chi connectivity index (χ1) is 9.08. The lowest BCUT2D eigenvalue weighted by Gasteiger charge is -2.13. The fourth-order valence-corrected chi connectivity index (χ4v) is 3.40. The summed E-state index contributed by atoms with van der Waals surface area (Å²) in [5.74, 6) is 1.23. The van der Waals surface area contributed by atoms with Gasteiger partial charge in [0.1, 0.15) is 5.82 Å². The zero-order valence-electron chi connectivity index (χ0n) is 11.0. The largest absolute Gasteiger partial charge is 0.310 e. The van der Waals surface area contributed by atoms with E-state index in [0.29, 0.717) is 5.75 Å². The molecule has 0 radical (unpaired) electrons. The van der Waals surface area contributed by atoms with E-state index in [1.54, 1.807) is 16.4 Å². The third kappa shape index (κ3) is 1.94. The van der Waals surface area contributed by atoms with Crippen LogP contribution < -0.4 is 5.32 Å². The molecular formula is C12H15N5OS. The van der Waals surface area contributed by atoms with Gasteiger partial charge in [0.2, 0.25) is 5.91 Å². The van der Waals surface area contributed by atoms with Crippen molar-refractivity contribution in [3.8, 4) is 0 Å². The molecule has 0 aliphatic carbocycles. The minimum absolute atomic E-state index is 0.0129. The van der Waals surface area contributed by atoms with E-state index < -0.39 is 0 Å². The standard InChI is InChI=1S/C12H15N5OS/c1-7-8(4-13-16(7)2)11-9-5-14-17(3)12(9)15-10(18)6-19-11/h4-5,11H,6H2,1-3H3,(H,15,18)/t11-/m1/s1. The zero-order valence-corrected chi connectivity index (χ0v) is 11.9. The molecule has 3 heterocycles. The number of hydrogen-bond acceptors (Lipinski definition) is 4. The Balaban J connectivity index is 2.12. The molecule has 0 unspecified atom stereocenters. The fourth-order valence-electron chi connectivity index (χ4n) is 2.25. The second-order valence-electron chi connectivity index (χ2n) is 4.62. The van der Waals surface area contributed by atoms with Gasteiger partial charge in [-0.3, -0.25) is 14.2 Å². The summed E-state index contributed by atoms with van der Waals surface area (Å²) in [7, 11) is 3.76. The van der Waals surface area contributed by atoms with Gasteiger partial charge in [-0.1, -0.05) is 0 Å². The van der Waals surface area contributed by atoms with Gasteiger partial charge in [-0.25, -0.2) is 0 Å². The number of aryl methyl sites for hydroxylation is 2. The van der Waals surface area contributed by atoms with E-state index in [2.05, 4.69) is 15.5 Å². The van der Waals surface area contributed by atoms with Crippen LogP contribution in [0.5, 0.6) is 0 Å². The normalized spacial score (nSPS) is 18.9. The maximum atomic E-state index is 11.8. The summed E-state index contributed by atoms with van der Waals surface area (Å²) in [6.45, 7) is 2.04. The average molecular weight is 277 g/mol. The number of hydrogen-bond donors (Lipinski definition) is 1. The summed E-state index contributed by atoms with van der Waals surface area (Å²) < 4.78 is 3.56. The quantitative estimate of drug-likeness (QED) is 0.851. The molecule has 0 aromatic carbocycles. The van der Waals surface area contributed by atoms with E-state index in [1.165, 1.54) is 0 Å². The highest BCUT2D eigenvalue weighted by Gasteiger charge is 2.28. The molecular weight excluding hydrogens is 262 g/mol. The van der Waals surface area contributed by atoms with Crippen molar-refractivity contribution in [2.24, 2.45) is 14.1 Å². The highest BCUT2D eigenvalue weighted by atomic mass is 32.2. The number of anilines is 1. The van der Waals surface area contributed by atoms with Crippen LogP contribution in [0, 0.1) is 6.92 Å². The van der Waals surface area contributed by atoms with Gasteiger partial charge in [-0.2, -0.15) is 10.2 Å². The van der Waals surface area contributed by atoms with Crippen LogP contribution >= 0.6 is 11.8 Å². The van der Waals surface area contributed by atoms with Crippen molar-refractivity contribution in [3.05, 3.63) is 29.2 Å². The molecule has 100 valence electrons. The molecule has 1 atom stereocenters. The van der Waals surface area contributed by atoms with Crippen LogP contribution in [0.3, 0.4) is 0 Å². The summed E-state index contributed by atoms with van der Waals surface area (Å²) >= 11 is 1.61. The summed E-state index contributed by atoms with van der Waals surface area (Å²) in [6, 6.07) is 0. The van der Waals surface area contributed by atoms with E-state index in [4.69, 9.17) is 0 Å². The van der Waals surface area contributed by atoms with Gasteiger partial charge in [-0.15, -0.1) is 11.8 Å². The molecule has 0 saturated carbocycles. The molecule has 0 fully saturated rings. The fraction of sp³-hybridized carbons (Fsp3) is 0.417. The predicted molar refractivity (Wildman–Crippen MR) is 74.1 cm³/mol. The van der Waals surface area contributed by atoms with Crippen LogP contribution in [-0.4, -0.2) is 31.2 Å². The van der Waals surface area contributed by atoms with Crippen molar-refractivity contribution < 1.29 is 4.79 Å². The SMILES string of the molecule is Cc1c([C@H]2SCC(=O)Nc3c2cnn3C)cnn1C. The summed E-state index contributed by atoms with van der Waals surface area (Å²) in [5.41, 5.74) is 3.29. The highest BCUT2D eigenvalue weighted by molar-refractivity contribution is 8.00. The molecule has 1 N–H and O–H groups in total. The van der Waals surface area contributed by atoms with Crippen LogP contribution in [0.2, 0.25) is 0 Å². The molecule has 0 spiro atoms. The Kier molecular flexibility index (Phi) is 2.85. The van der Waals surface area contributed by atoms with E-state index in [-0.39, 0.29) is 11.2 Å². The number of fused-ring (bicyclic) bond motifs is 1. The number of aromatic nitrogens is 4. The molecule has 1 amide bonds. The second-order valence-corrected chi connectivity index (χ2v) is 5.71. The molecule has 2 aromatic heterocycles. The zero-order chi connectivity index (χ0) is 13.6. The average Bonchev–Trinajstić information content (AvgIpc) is 2.83. The lowest BCUT2D eigenvalue weighted by molar-refractivity contribution is -0.113. The highest BCUT2D eigenvalue weighted by Crippen LogP contribution is 2.41. The minimum atomic E-state index is 0.0129. The first kappa shape index (κ1) is 12.3. The third-order valence-electron chi connectivity index (χ3n) is 3.44. The Labute approximate surface area is 115 Å². The topological polar surface area (TPSA) is 64.7 Å². The van der Waals surface area contributed by atoms with Crippen molar-refractivity contribution >= 4 is 23.5 Å². The van der Waals surface area contributed by atoms with Crippen molar-refractivity contribution in [1.82, 2.24) is 19.6 Å². The molecule has 19 heavy (non-hydrogen) atoms. The maximum Gasteiger partial charge on any atom is 0.235 e. The Hall–Kier alpha value is -1.76. The number of nitrogens with one attached hydrogen (secondary N) is 1. The molecule has 6 nitrogen and oxygen atoms in total. The van der Waals surface area contributed by atoms with Crippen LogP contribution in [0.4, 0.5) is 5.82 Å². The second kappa shape index (κ2) is 4.41. The van der Waals surface area contributed by atoms with Gasteiger partial charge >= 0.3 is 0 Å². The van der Waals surface area contributed by atoms with Gasteiger partial charge in [0.25, 0.3) is 0 Å². The van der Waals surface area contributed by atoms with Crippen LogP contribution in [0.1, 0.15) is 22.1 Å². The van der Waals surface area contributed by atoms with Gasteiger partial charge in [0.05, 0.1) is 23.4 Å². The van der Waals surface area contributed by atoms with Crippen LogP contribution in [-0.2, 0) is 18.9 Å². The summed E-state index contributed by atoms with van der Waals surface area (Å²) in [4.78, 5) is 11.8. The molecule has 0 saturated heterocycles. The lowest BCUT2D eigenvalue weighted by Crippen LogP contribution is -2.15. The Bertz CT molecular complexity index is 645. The van der Waals surface area contributed by atoms with Gasteiger partial charge in [0, 0.05) is 30.9 Å². The molecule has 1 aliphatic rings. The molecule has 1 aliphatic heterocycles. The summed E-state index contributed by atoms with van der Waals surface area (Å²) in [5, 5.41) is 11.5. The van der Waals surface area contributed by atoms with Crippen molar-refractivity contribution in [2.45, 2.75) is 12.2 Å². The monoisotopic (exact) mass is 277 g/mol. The molecule has 0 bridgehead atoms. The number of carbonyl (C=O) groups is 1. The van der Waals surface area contributed by atoms with Crippen molar-refractivity contribution in [3.63, 3.8) is 0 Å². The van der Waals surface area contributed by atoms with Crippen LogP contribution in [0.15, 0.2) is 12.4 Å². The minimum Gasteiger partial charge on any atom is -0.310 e. The molecule has 7 heteroatoms. The number of carbonyl (C=O) groups excluding carboxylic acids is 1. The van der Waals surface area contributed by atoms with Gasteiger partial charge in [-0.05, 0) is 6.92 Å². The smallest absolute Gasteiger partial charge is 0.235 e. The number of rotatable bonds is 1. The lowest BCUT2D eigenvalue weighted by atomic mass is 10.1. The molecule has 2 aromatic rings. The summed E-state index contributed by atoms with van der Waals surface area (Å²) in [6.07, 6.45) is 3.70. The third-order valence-corrected chi connectivity index (χ3v) is 4.71. The number of nitrogens with zero attached hydrogens (tertiary/aromatic N) is 4. The Morgan fingerprint density at radius 1 is 1.26 bits per heavy atom. The Morgan fingerprint density at radius 3 is 2.63 bits per heavy atom. The van der Waals surface area contributed by atoms with E-state index in [1.807, 2.05) is 38.1 Å². The number of thioether (sulfide) groups is 1. The van der Waals surface area contributed by atoms with E-state index in [0.717, 1.165) is 22.6 Å². The number of amides is 1. The van der Waals surface area contributed by atoms with Gasteiger partial charge in [0.15, 0.2) is 0 Å². The Morgan fingerprint density at radius 2 is 1.95 bits per heavy atom. The maximum absolute atomic E-state index is 11.8. The molecule has 3 rings (SSSR count). The first-order valence-electron chi connectivity index (χ1n) is 5.99. The van der Waals surface area contributed by atoms with Crippen molar-refractivity contribution in [1.29, 1.82) is 0 Å². The van der Waals surface area contributed by atoms with E-state index in [9.17, 15) is 4.79 Å².